The summed E-state index contributed by atoms with van der Waals surface area (Å²) in [6, 6.07) is 4.56. The largest absolute Gasteiger partial charge is 0.493 e. The number of benzene rings is 1. The molecule has 112 valence electrons. The highest BCUT2D eigenvalue weighted by molar-refractivity contribution is 6.33. The first-order valence-corrected chi connectivity index (χ1v) is 7.43. The van der Waals surface area contributed by atoms with Gasteiger partial charge in [0.15, 0.2) is 11.5 Å². The Hall–Kier alpha value is -0.970. The van der Waals surface area contributed by atoms with E-state index >= 15 is 0 Å². The topological polar surface area (TPSA) is 33.7 Å². The standard InChI is InChI=1S/C15H23ClN2O2/c1-4-7-18(12-8-17-9-12)10-11-5-6-13(19-2)15(20-3)14(11)16/h5-6,12,17H,4,7-10H2,1-3H3. The van der Waals surface area contributed by atoms with Gasteiger partial charge in [-0.1, -0.05) is 24.6 Å². The van der Waals surface area contributed by atoms with E-state index in [2.05, 4.69) is 17.1 Å². The molecule has 1 aliphatic rings. The van der Waals surface area contributed by atoms with Gasteiger partial charge in [0.1, 0.15) is 0 Å². The van der Waals surface area contributed by atoms with Crippen LogP contribution in [0.4, 0.5) is 0 Å². The quantitative estimate of drug-likeness (QED) is 0.839. The first-order valence-electron chi connectivity index (χ1n) is 7.05. The summed E-state index contributed by atoms with van der Waals surface area (Å²) in [7, 11) is 3.24. The molecule has 4 nitrogen and oxygen atoms in total. The molecule has 2 rings (SSSR count). The molecule has 1 heterocycles. The van der Waals surface area contributed by atoms with Crippen LogP contribution in [0.15, 0.2) is 12.1 Å². The Balaban J connectivity index is 2.18. The third kappa shape index (κ3) is 3.19. The fourth-order valence-corrected chi connectivity index (χ4v) is 2.77. The first kappa shape index (κ1) is 15.4. The van der Waals surface area contributed by atoms with Crippen LogP contribution in [-0.4, -0.2) is 44.8 Å². The Labute approximate surface area is 126 Å². The van der Waals surface area contributed by atoms with E-state index in [0.29, 0.717) is 22.6 Å². The minimum absolute atomic E-state index is 0.610. The summed E-state index contributed by atoms with van der Waals surface area (Å²) in [6.07, 6.45) is 1.14. The predicted molar refractivity (Wildman–Crippen MR) is 81.9 cm³/mol. The van der Waals surface area contributed by atoms with Crippen molar-refractivity contribution in [2.75, 3.05) is 33.9 Å². The Bertz CT molecular complexity index is 450. The van der Waals surface area contributed by atoms with Gasteiger partial charge in [0.25, 0.3) is 0 Å². The summed E-state index contributed by atoms with van der Waals surface area (Å²) in [5.74, 6) is 1.29. The molecule has 0 spiro atoms. The van der Waals surface area contributed by atoms with Crippen molar-refractivity contribution in [3.63, 3.8) is 0 Å². The van der Waals surface area contributed by atoms with E-state index < -0.39 is 0 Å². The van der Waals surface area contributed by atoms with Crippen LogP contribution in [0.1, 0.15) is 18.9 Å². The molecule has 1 saturated heterocycles. The second-order valence-electron chi connectivity index (χ2n) is 5.06. The molecule has 1 aromatic rings. The van der Waals surface area contributed by atoms with Crippen LogP contribution in [0, 0.1) is 0 Å². The minimum atomic E-state index is 0.610. The number of nitrogens with one attached hydrogen (secondary N) is 1. The molecule has 0 atom stereocenters. The Morgan fingerprint density at radius 1 is 1.30 bits per heavy atom. The van der Waals surface area contributed by atoms with E-state index in [9.17, 15) is 0 Å². The third-order valence-corrected chi connectivity index (χ3v) is 4.14. The number of rotatable bonds is 7. The average Bonchev–Trinajstić information content (AvgIpc) is 2.39. The Kier molecular flexibility index (Phi) is 5.52. The van der Waals surface area contributed by atoms with Gasteiger partial charge in [-0.05, 0) is 24.6 Å². The zero-order valence-electron chi connectivity index (χ0n) is 12.4. The molecule has 0 unspecified atom stereocenters. The fourth-order valence-electron chi connectivity index (χ4n) is 2.48. The summed E-state index contributed by atoms with van der Waals surface area (Å²) in [5.41, 5.74) is 1.09. The summed E-state index contributed by atoms with van der Waals surface area (Å²) >= 11 is 6.46. The van der Waals surface area contributed by atoms with Crippen LogP contribution in [0.5, 0.6) is 11.5 Å². The monoisotopic (exact) mass is 298 g/mol. The summed E-state index contributed by atoms with van der Waals surface area (Å²) in [6.45, 7) is 6.25. The molecule has 5 heteroatoms. The maximum absolute atomic E-state index is 6.46. The highest BCUT2D eigenvalue weighted by Gasteiger charge is 2.25. The first-order chi connectivity index (χ1) is 9.71. The van der Waals surface area contributed by atoms with Crippen LogP contribution in [0.3, 0.4) is 0 Å². The SMILES string of the molecule is CCCN(Cc1ccc(OC)c(OC)c1Cl)C1CNC1. The molecule has 0 amide bonds. The maximum atomic E-state index is 6.46. The molecular formula is C15H23ClN2O2. The average molecular weight is 299 g/mol. The van der Waals surface area contributed by atoms with Gasteiger partial charge in [-0.3, -0.25) is 4.90 Å². The van der Waals surface area contributed by atoms with Crippen LogP contribution >= 0.6 is 11.6 Å². The normalized spacial score (nSPS) is 15.2. The lowest BCUT2D eigenvalue weighted by atomic mass is 10.1. The smallest absolute Gasteiger partial charge is 0.179 e. The van der Waals surface area contributed by atoms with E-state index in [1.165, 1.54) is 0 Å². The van der Waals surface area contributed by atoms with Crippen molar-refractivity contribution in [1.29, 1.82) is 0 Å². The second kappa shape index (κ2) is 7.16. The molecule has 0 bridgehead atoms. The van der Waals surface area contributed by atoms with Crippen molar-refractivity contribution in [2.45, 2.75) is 25.9 Å². The number of nitrogens with zero attached hydrogens (tertiary/aromatic N) is 1. The Morgan fingerprint density at radius 3 is 2.55 bits per heavy atom. The second-order valence-corrected chi connectivity index (χ2v) is 5.43. The zero-order valence-corrected chi connectivity index (χ0v) is 13.2. The maximum Gasteiger partial charge on any atom is 0.179 e. The molecule has 1 N–H and O–H groups in total. The van der Waals surface area contributed by atoms with Gasteiger partial charge in [0.2, 0.25) is 0 Å². The van der Waals surface area contributed by atoms with E-state index in [0.717, 1.165) is 38.2 Å². The minimum Gasteiger partial charge on any atom is -0.493 e. The number of hydrogen-bond acceptors (Lipinski definition) is 4. The molecule has 0 radical (unpaired) electrons. The number of ether oxygens (including phenoxy) is 2. The van der Waals surface area contributed by atoms with Crippen LogP contribution in [0.25, 0.3) is 0 Å². The molecule has 20 heavy (non-hydrogen) atoms. The van der Waals surface area contributed by atoms with E-state index in [4.69, 9.17) is 21.1 Å². The van der Waals surface area contributed by atoms with Crippen molar-refractivity contribution >= 4 is 11.6 Å². The molecule has 0 aromatic heterocycles. The van der Waals surface area contributed by atoms with Gasteiger partial charge < -0.3 is 14.8 Å². The van der Waals surface area contributed by atoms with Crippen molar-refractivity contribution < 1.29 is 9.47 Å². The number of halogens is 1. The van der Waals surface area contributed by atoms with Gasteiger partial charge in [-0.2, -0.15) is 0 Å². The van der Waals surface area contributed by atoms with Gasteiger partial charge >= 0.3 is 0 Å². The summed E-state index contributed by atoms with van der Waals surface area (Å²) in [4.78, 5) is 2.48. The number of methoxy groups -OCH3 is 2. The number of hydrogen-bond donors (Lipinski definition) is 1. The van der Waals surface area contributed by atoms with Crippen molar-refractivity contribution in [3.8, 4) is 11.5 Å². The van der Waals surface area contributed by atoms with Crippen molar-refractivity contribution in [1.82, 2.24) is 10.2 Å². The van der Waals surface area contributed by atoms with E-state index in [1.54, 1.807) is 14.2 Å². The Morgan fingerprint density at radius 2 is 2.05 bits per heavy atom. The van der Waals surface area contributed by atoms with Gasteiger partial charge in [-0.25, -0.2) is 0 Å². The molecular weight excluding hydrogens is 276 g/mol. The third-order valence-electron chi connectivity index (χ3n) is 3.73. The predicted octanol–water partition coefficient (Wildman–Crippen LogP) is 2.54. The molecule has 0 saturated carbocycles. The molecule has 1 fully saturated rings. The highest BCUT2D eigenvalue weighted by Crippen LogP contribution is 2.37. The summed E-state index contributed by atoms with van der Waals surface area (Å²) in [5, 5.41) is 3.97. The van der Waals surface area contributed by atoms with E-state index in [1.807, 2.05) is 12.1 Å². The van der Waals surface area contributed by atoms with Gasteiger partial charge in [0, 0.05) is 25.7 Å². The highest BCUT2D eigenvalue weighted by atomic mass is 35.5. The lowest BCUT2D eigenvalue weighted by Gasteiger charge is -2.38. The van der Waals surface area contributed by atoms with Gasteiger partial charge in [-0.15, -0.1) is 0 Å². The van der Waals surface area contributed by atoms with Crippen molar-refractivity contribution in [3.05, 3.63) is 22.7 Å². The molecule has 1 aromatic carbocycles. The molecule has 1 aliphatic heterocycles. The van der Waals surface area contributed by atoms with Crippen LogP contribution in [0.2, 0.25) is 5.02 Å². The van der Waals surface area contributed by atoms with Crippen LogP contribution < -0.4 is 14.8 Å². The zero-order chi connectivity index (χ0) is 14.5. The fraction of sp³-hybridized carbons (Fsp3) is 0.600. The lowest BCUT2D eigenvalue weighted by molar-refractivity contribution is 0.137. The van der Waals surface area contributed by atoms with Crippen LogP contribution in [-0.2, 0) is 6.54 Å². The van der Waals surface area contributed by atoms with E-state index in [-0.39, 0.29) is 0 Å². The lowest BCUT2D eigenvalue weighted by Crippen LogP contribution is -2.57. The van der Waals surface area contributed by atoms with Gasteiger partial charge in [0.05, 0.1) is 19.2 Å². The van der Waals surface area contributed by atoms with Crippen molar-refractivity contribution in [2.24, 2.45) is 0 Å². The molecule has 0 aliphatic carbocycles. The summed E-state index contributed by atoms with van der Waals surface area (Å²) < 4.78 is 10.6.